The molecule has 1 aliphatic carbocycles. The molecule has 1 amide bonds. The summed E-state index contributed by atoms with van der Waals surface area (Å²) < 4.78 is 13.4. The second-order valence-corrected chi connectivity index (χ2v) is 6.06. The van der Waals surface area contributed by atoms with Crippen LogP contribution < -0.4 is 11.1 Å². The number of nitrogens with two attached hydrogens (primary N) is 1. The summed E-state index contributed by atoms with van der Waals surface area (Å²) in [5.74, 6) is 0.308. The van der Waals surface area contributed by atoms with Gasteiger partial charge in [-0.3, -0.25) is 4.79 Å². The lowest BCUT2D eigenvalue weighted by Gasteiger charge is -2.32. The smallest absolute Gasteiger partial charge is 0.240 e. The third-order valence-corrected chi connectivity index (χ3v) is 4.20. The Morgan fingerprint density at radius 1 is 1.30 bits per heavy atom. The number of halogens is 1. The highest BCUT2D eigenvalue weighted by atomic mass is 19.1. The molecule has 0 saturated heterocycles. The summed E-state index contributed by atoms with van der Waals surface area (Å²) in [7, 11) is 0. The van der Waals surface area contributed by atoms with Crippen molar-refractivity contribution in [3.05, 3.63) is 29.6 Å². The van der Waals surface area contributed by atoms with E-state index in [0.717, 1.165) is 37.2 Å². The summed E-state index contributed by atoms with van der Waals surface area (Å²) in [4.78, 5) is 11.7. The molecule has 0 spiro atoms. The molecule has 3 nitrogen and oxygen atoms in total. The molecule has 20 heavy (non-hydrogen) atoms. The van der Waals surface area contributed by atoms with E-state index >= 15 is 0 Å². The van der Waals surface area contributed by atoms with Crippen LogP contribution in [0, 0.1) is 24.6 Å². The first-order valence-electron chi connectivity index (χ1n) is 7.28. The van der Waals surface area contributed by atoms with Gasteiger partial charge in [-0.25, -0.2) is 4.39 Å². The van der Waals surface area contributed by atoms with Gasteiger partial charge >= 0.3 is 0 Å². The van der Waals surface area contributed by atoms with Crippen molar-refractivity contribution in [1.29, 1.82) is 0 Å². The number of aryl methyl sites for hydroxylation is 1. The van der Waals surface area contributed by atoms with Gasteiger partial charge in [0.2, 0.25) is 5.91 Å². The van der Waals surface area contributed by atoms with E-state index in [4.69, 9.17) is 5.73 Å². The normalized spacial score (nSPS) is 24.1. The first kappa shape index (κ1) is 14.8. The van der Waals surface area contributed by atoms with Crippen molar-refractivity contribution in [2.45, 2.75) is 45.6 Å². The lowest BCUT2D eigenvalue weighted by Crippen LogP contribution is -2.42. The number of hydrogen-bond acceptors (Lipinski definition) is 2. The van der Waals surface area contributed by atoms with E-state index in [1.165, 1.54) is 12.1 Å². The molecule has 1 aromatic carbocycles. The molecule has 1 aliphatic rings. The SMILES string of the molecule is Cc1cc(F)cc(NC(C(N)=O)C2CCC(C)CC2)c1. The third-order valence-electron chi connectivity index (χ3n) is 4.20. The van der Waals surface area contributed by atoms with Gasteiger partial charge in [0.25, 0.3) is 0 Å². The van der Waals surface area contributed by atoms with E-state index in [1.54, 1.807) is 0 Å². The standard InChI is InChI=1S/C16H23FN2O/c1-10-3-5-12(6-4-10)15(16(18)20)19-14-8-11(2)7-13(17)9-14/h7-10,12,15,19H,3-6H2,1-2H3,(H2,18,20). The molecule has 0 radical (unpaired) electrons. The van der Waals surface area contributed by atoms with E-state index in [0.29, 0.717) is 5.69 Å². The lowest BCUT2D eigenvalue weighted by atomic mass is 9.79. The molecule has 1 atom stereocenters. The van der Waals surface area contributed by atoms with Crippen molar-refractivity contribution >= 4 is 11.6 Å². The van der Waals surface area contributed by atoms with Crippen molar-refractivity contribution < 1.29 is 9.18 Å². The molecule has 2 rings (SSSR count). The minimum atomic E-state index is -0.413. The van der Waals surface area contributed by atoms with E-state index in [2.05, 4.69) is 12.2 Å². The predicted octanol–water partition coefficient (Wildman–Crippen LogP) is 3.23. The van der Waals surface area contributed by atoms with Crippen molar-refractivity contribution in [3.8, 4) is 0 Å². The Morgan fingerprint density at radius 2 is 1.95 bits per heavy atom. The van der Waals surface area contributed by atoms with Crippen LogP contribution in [0.2, 0.25) is 0 Å². The van der Waals surface area contributed by atoms with Crippen molar-refractivity contribution in [2.24, 2.45) is 17.6 Å². The molecule has 1 saturated carbocycles. The molecule has 0 heterocycles. The van der Waals surface area contributed by atoms with Gasteiger partial charge in [0.05, 0.1) is 0 Å². The van der Waals surface area contributed by atoms with Crippen LogP contribution >= 0.6 is 0 Å². The highest BCUT2D eigenvalue weighted by molar-refractivity contribution is 5.83. The van der Waals surface area contributed by atoms with Gasteiger partial charge in [0, 0.05) is 5.69 Å². The molecule has 1 aromatic rings. The van der Waals surface area contributed by atoms with Gasteiger partial charge in [-0.2, -0.15) is 0 Å². The Bertz CT molecular complexity index is 461. The number of hydrogen-bond donors (Lipinski definition) is 2. The fourth-order valence-corrected chi connectivity index (χ4v) is 3.04. The first-order chi connectivity index (χ1) is 9.45. The molecule has 0 bridgehead atoms. The number of benzene rings is 1. The number of rotatable bonds is 4. The average Bonchev–Trinajstić information content (AvgIpc) is 2.36. The fourth-order valence-electron chi connectivity index (χ4n) is 3.04. The van der Waals surface area contributed by atoms with Crippen LogP contribution in [-0.2, 0) is 4.79 Å². The fraction of sp³-hybridized carbons (Fsp3) is 0.562. The molecule has 3 N–H and O–H groups in total. The number of amides is 1. The molecular formula is C16H23FN2O. The van der Waals surface area contributed by atoms with Gasteiger partial charge in [0.15, 0.2) is 0 Å². The quantitative estimate of drug-likeness (QED) is 0.888. The summed E-state index contributed by atoms with van der Waals surface area (Å²) in [5, 5.41) is 3.13. The van der Waals surface area contributed by atoms with Crippen LogP contribution in [0.15, 0.2) is 18.2 Å². The Morgan fingerprint density at radius 3 is 2.50 bits per heavy atom. The number of anilines is 1. The van der Waals surface area contributed by atoms with E-state index in [9.17, 15) is 9.18 Å². The molecule has 4 heteroatoms. The summed E-state index contributed by atoms with van der Waals surface area (Å²) in [6, 6.07) is 4.30. The summed E-state index contributed by atoms with van der Waals surface area (Å²) in [6.07, 6.45) is 4.24. The Kier molecular flexibility index (Phi) is 4.63. The number of carbonyl (C=O) groups is 1. The van der Waals surface area contributed by atoms with E-state index in [1.807, 2.05) is 13.0 Å². The van der Waals surface area contributed by atoms with Crippen molar-refractivity contribution in [1.82, 2.24) is 0 Å². The van der Waals surface area contributed by atoms with Gasteiger partial charge < -0.3 is 11.1 Å². The van der Waals surface area contributed by atoms with Crippen LogP contribution in [0.4, 0.5) is 10.1 Å². The largest absolute Gasteiger partial charge is 0.373 e. The second kappa shape index (κ2) is 6.25. The monoisotopic (exact) mass is 278 g/mol. The first-order valence-corrected chi connectivity index (χ1v) is 7.28. The maximum absolute atomic E-state index is 13.4. The molecule has 0 aliphatic heterocycles. The maximum atomic E-state index is 13.4. The Balaban J connectivity index is 2.11. The molecular weight excluding hydrogens is 255 g/mol. The summed E-state index contributed by atoms with van der Waals surface area (Å²) in [6.45, 7) is 4.06. The van der Waals surface area contributed by atoms with Gasteiger partial charge in [0.1, 0.15) is 11.9 Å². The number of carbonyl (C=O) groups excluding carboxylic acids is 1. The van der Waals surface area contributed by atoms with Crippen molar-refractivity contribution in [2.75, 3.05) is 5.32 Å². The zero-order valence-corrected chi connectivity index (χ0v) is 12.2. The van der Waals surface area contributed by atoms with Crippen molar-refractivity contribution in [3.63, 3.8) is 0 Å². The van der Waals surface area contributed by atoms with E-state index in [-0.39, 0.29) is 17.6 Å². The molecule has 1 fully saturated rings. The Hall–Kier alpha value is -1.58. The predicted molar refractivity (Wildman–Crippen MR) is 78.9 cm³/mol. The third kappa shape index (κ3) is 3.71. The van der Waals surface area contributed by atoms with Gasteiger partial charge in [-0.15, -0.1) is 0 Å². The van der Waals surface area contributed by atoms with Gasteiger partial charge in [-0.1, -0.05) is 19.8 Å². The number of nitrogens with one attached hydrogen (secondary N) is 1. The molecule has 0 aromatic heterocycles. The van der Waals surface area contributed by atoms with Crippen LogP contribution in [0.1, 0.15) is 38.2 Å². The van der Waals surface area contributed by atoms with E-state index < -0.39 is 6.04 Å². The molecule has 1 unspecified atom stereocenters. The maximum Gasteiger partial charge on any atom is 0.240 e. The summed E-state index contributed by atoms with van der Waals surface area (Å²) >= 11 is 0. The summed E-state index contributed by atoms with van der Waals surface area (Å²) in [5.41, 5.74) is 6.99. The zero-order chi connectivity index (χ0) is 14.7. The minimum absolute atomic E-state index is 0.243. The van der Waals surface area contributed by atoms with Crippen LogP contribution in [0.25, 0.3) is 0 Å². The van der Waals surface area contributed by atoms with Crippen LogP contribution in [0.3, 0.4) is 0 Å². The Labute approximate surface area is 119 Å². The highest BCUT2D eigenvalue weighted by Gasteiger charge is 2.29. The average molecular weight is 278 g/mol. The lowest BCUT2D eigenvalue weighted by molar-refractivity contribution is -0.120. The highest BCUT2D eigenvalue weighted by Crippen LogP contribution is 2.31. The minimum Gasteiger partial charge on any atom is -0.373 e. The topological polar surface area (TPSA) is 55.1 Å². The van der Waals surface area contributed by atoms with Crippen LogP contribution in [0.5, 0.6) is 0 Å². The number of primary amides is 1. The van der Waals surface area contributed by atoms with Crippen LogP contribution in [-0.4, -0.2) is 11.9 Å². The zero-order valence-electron chi connectivity index (χ0n) is 12.2. The second-order valence-electron chi connectivity index (χ2n) is 6.06. The molecule has 110 valence electrons. The van der Waals surface area contributed by atoms with Gasteiger partial charge in [-0.05, 0) is 55.4 Å².